The normalized spacial score (nSPS) is 46.9. The molecule has 448 valence electrons. The van der Waals surface area contributed by atoms with Gasteiger partial charge in [0.15, 0.2) is 24.0 Å². The molecule has 0 bridgehead atoms. The number of methoxy groups -OCH3 is 2. The number of fused-ring (bicyclic) bond motifs is 5. The molecule has 6 fully saturated rings. The van der Waals surface area contributed by atoms with Crippen LogP contribution in [0.3, 0.4) is 0 Å². The van der Waals surface area contributed by atoms with Gasteiger partial charge in [-0.15, -0.1) is 0 Å². The minimum absolute atomic E-state index is 0.0165. The average Bonchev–Trinajstić information content (AvgIpc) is 3.94. The number of carbonyl (C=O) groups excluding carboxylic acids is 3. The molecule has 0 aromatic heterocycles. The van der Waals surface area contributed by atoms with Crippen molar-refractivity contribution in [1.29, 1.82) is 0 Å². The Balaban J connectivity index is 1.12. The van der Waals surface area contributed by atoms with Crippen LogP contribution in [0.5, 0.6) is 0 Å². The Kier molecular flexibility index (Phi) is 20.0. The first-order valence-electron chi connectivity index (χ1n) is 29.7. The number of nitrogens with zero attached hydrogens (tertiary/aromatic N) is 2. The number of aliphatic hydroxyl groups excluding tert-OH is 4. The van der Waals surface area contributed by atoms with Crippen molar-refractivity contribution < 1.29 is 73.1 Å². The van der Waals surface area contributed by atoms with Crippen molar-refractivity contribution in [1.82, 2.24) is 15.1 Å². The van der Waals surface area contributed by atoms with E-state index >= 15 is 0 Å². The SMILES string of the molecule is CC[C@H]1OC(=O)[C@H](C)[C@@H](O[C@@H]2C[C@](C)(OC)[C@H](O)[C@@H](C)O2)C[C@@H](O[C@H]2O[C@@H](C)C[C@H](N(C)C)C2O)C(C)(C)CCCN(CCCNC(=O)[C@@]2(OC)CCC3C4CCC5=CC(=O)CC[C@]5(C)C4C(O)C[C@@]32C)[C@H](C)[C@H](O)[C@@]1(C)O. The largest absolute Gasteiger partial charge is 0.459 e. The summed E-state index contributed by atoms with van der Waals surface area (Å²) in [6.45, 7) is 22.2. The zero-order valence-electron chi connectivity index (χ0n) is 50.1. The van der Waals surface area contributed by atoms with Gasteiger partial charge in [-0.25, -0.2) is 0 Å². The highest BCUT2D eigenvalue weighted by Gasteiger charge is 2.69. The van der Waals surface area contributed by atoms with E-state index < -0.39 is 107 Å². The molecule has 0 aromatic carbocycles. The monoisotopic (exact) mass is 1110 g/mol. The summed E-state index contributed by atoms with van der Waals surface area (Å²) in [4.78, 5) is 46.0. The van der Waals surface area contributed by atoms with Gasteiger partial charge in [0.2, 0.25) is 0 Å². The zero-order chi connectivity index (χ0) is 57.7. The quantitative estimate of drug-likeness (QED) is 0.0994. The second kappa shape index (κ2) is 24.6. The predicted molar refractivity (Wildman–Crippen MR) is 293 cm³/mol. The highest BCUT2D eigenvalue weighted by molar-refractivity contribution is 5.91. The number of nitrogens with one attached hydrogen (secondary N) is 1. The van der Waals surface area contributed by atoms with E-state index in [0.717, 1.165) is 25.7 Å². The van der Waals surface area contributed by atoms with E-state index in [9.17, 15) is 39.9 Å². The summed E-state index contributed by atoms with van der Waals surface area (Å²) >= 11 is 0. The van der Waals surface area contributed by atoms with Crippen molar-refractivity contribution in [2.45, 2.75) is 262 Å². The Labute approximate surface area is 466 Å². The summed E-state index contributed by atoms with van der Waals surface area (Å²) in [7, 11) is 6.99. The van der Waals surface area contributed by atoms with Crippen molar-refractivity contribution in [3.63, 3.8) is 0 Å². The van der Waals surface area contributed by atoms with E-state index in [2.05, 4.69) is 37.9 Å². The standard InChI is InChI=1S/C60H103N3O15/c1-16-45-59(11,71)50(67)36(4)63(28-18-26-61-54(70)60(73-15)25-22-41-40-20-19-38-30-39(64)21-24-56(38,8)48(40)43(65)32-57(41,60)9)27-17-23-55(6,7)46(78-53-49(66)42(62(12)13)29-34(2)74-53)31-44(35(3)52(69)77-45)76-47-33-58(10,72-14)51(68)37(5)75-47/h30,34-37,40-51,53,65-68,71H,16-29,31-33H2,1-15H3,(H,61,70)/t34-,35+,36+,37+,40?,41?,42-,43?,44-,45+,46+,47+,48?,49?,50-,51+,53+,56-,57-,58-,59-,60-/m0/s1. The number of likely N-dealkylation sites (N-methyl/N-ethyl adjacent to an activating group) is 1. The summed E-state index contributed by atoms with van der Waals surface area (Å²) in [6.07, 6.45) is -0.0532. The van der Waals surface area contributed by atoms with Gasteiger partial charge in [0.25, 0.3) is 5.91 Å². The van der Waals surface area contributed by atoms with E-state index in [1.807, 2.05) is 38.9 Å². The van der Waals surface area contributed by atoms with E-state index in [0.29, 0.717) is 64.6 Å². The highest BCUT2D eigenvalue weighted by Crippen LogP contribution is 2.68. The number of cyclic esters (lactones) is 1. The second-order valence-corrected chi connectivity index (χ2v) is 27.0. The summed E-state index contributed by atoms with van der Waals surface area (Å²) < 4.78 is 44.9. The molecule has 1 amide bonds. The van der Waals surface area contributed by atoms with Crippen molar-refractivity contribution in [3.05, 3.63) is 11.6 Å². The molecule has 3 heterocycles. The number of ether oxygens (including phenoxy) is 7. The molecule has 0 aromatic rings. The van der Waals surface area contributed by atoms with E-state index in [1.54, 1.807) is 34.8 Å². The topological polar surface area (TPSA) is 235 Å². The van der Waals surface area contributed by atoms with E-state index in [-0.39, 0.29) is 66.3 Å². The van der Waals surface area contributed by atoms with Crippen LogP contribution in [0.2, 0.25) is 0 Å². The van der Waals surface area contributed by atoms with Crippen molar-refractivity contribution in [2.24, 2.45) is 39.9 Å². The molecule has 7 aliphatic rings. The first-order chi connectivity index (χ1) is 36.4. The number of ketones is 1. The van der Waals surface area contributed by atoms with E-state index in [4.69, 9.17) is 33.2 Å². The fraction of sp³-hybridized carbons (Fsp3) is 0.917. The fourth-order valence-electron chi connectivity index (χ4n) is 16.2. The molecular formula is C60H103N3O15. The summed E-state index contributed by atoms with van der Waals surface area (Å²) in [6, 6.07) is -0.871. The summed E-state index contributed by atoms with van der Waals surface area (Å²) in [5.41, 5.74) is -4.39. The lowest BCUT2D eigenvalue weighted by atomic mass is 9.45. The molecule has 18 heteroatoms. The number of allylic oxidation sites excluding steroid dienone is 1. The van der Waals surface area contributed by atoms with Gasteiger partial charge < -0.3 is 68.9 Å². The van der Waals surface area contributed by atoms with Crippen LogP contribution >= 0.6 is 0 Å². The third kappa shape index (κ3) is 12.1. The van der Waals surface area contributed by atoms with Crippen molar-refractivity contribution >= 4 is 17.7 Å². The lowest BCUT2D eigenvalue weighted by molar-refractivity contribution is -0.303. The van der Waals surface area contributed by atoms with Crippen LogP contribution < -0.4 is 5.32 Å². The van der Waals surface area contributed by atoms with Crippen molar-refractivity contribution in [3.8, 4) is 0 Å². The van der Waals surface area contributed by atoms with Gasteiger partial charge in [-0.05, 0) is 167 Å². The zero-order valence-corrected chi connectivity index (χ0v) is 50.1. The minimum Gasteiger partial charge on any atom is -0.459 e. The van der Waals surface area contributed by atoms with Gasteiger partial charge in [0, 0.05) is 64.1 Å². The first kappa shape index (κ1) is 63.4. The molecular weight excluding hydrogens is 1000 g/mol. The number of aliphatic hydroxyl groups is 5. The number of hydrogen-bond donors (Lipinski definition) is 6. The maximum atomic E-state index is 14.7. The van der Waals surface area contributed by atoms with Gasteiger partial charge in [0.1, 0.15) is 30.0 Å². The molecule has 3 saturated heterocycles. The Morgan fingerprint density at radius 3 is 2.24 bits per heavy atom. The third-order valence-electron chi connectivity index (χ3n) is 21.4. The molecule has 22 atom stereocenters. The molecule has 78 heavy (non-hydrogen) atoms. The van der Waals surface area contributed by atoms with Gasteiger partial charge in [-0.1, -0.05) is 40.2 Å². The summed E-state index contributed by atoms with van der Waals surface area (Å²) in [5.74, 6) is -1.24. The van der Waals surface area contributed by atoms with Gasteiger partial charge in [-0.2, -0.15) is 0 Å². The Hall–Kier alpha value is -2.17. The highest BCUT2D eigenvalue weighted by atomic mass is 16.7. The maximum Gasteiger partial charge on any atom is 0.311 e. The Morgan fingerprint density at radius 2 is 1.59 bits per heavy atom. The second-order valence-electron chi connectivity index (χ2n) is 27.0. The Bertz CT molecular complexity index is 2110. The molecule has 6 N–H and O–H groups in total. The molecule has 3 saturated carbocycles. The minimum atomic E-state index is -1.89. The van der Waals surface area contributed by atoms with Crippen LogP contribution in [-0.4, -0.2) is 197 Å². The van der Waals surface area contributed by atoms with Gasteiger partial charge in [-0.3, -0.25) is 19.3 Å². The fourth-order valence-corrected chi connectivity index (χ4v) is 16.2. The number of carbonyl (C=O) groups is 3. The molecule has 7 rings (SSSR count). The molecule has 4 aliphatic carbocycles. The smallest absolute Gasteiger partial charge is 0.311 e. The number of rotatable bonds is 13. The summed E-state index contributed by atoms with van der Waals surface area (Å²) in [5, 5.41) is 62.9. The van der Waals surface area contributed by atoms with Crippen LogP contribution in [0.1, 0.15) is 166 Å². The van der Waals surface area contributed by atoms with Crippen LogP contribution in [0, 0.1) is 39.9 Å². The lowest BCUT2D eigenvalue weighted by Crippen LogP contribution is -2.64. The van der Waals surface area contributed by atoms with Crippen LogP contribution in [0.15, 0.2) is 11.6 Å². The van der Waals surface area contributed by atoms with Crippen molar-refractivity contribution in [2.75, 3.05) is 47.9 Å². The molecule has 0 spiro atoms. The van der Waals surface area contributed by atoms with Gasteiger partial charge in [0.05, 0.1) is 42.0 Å². The van der Waals surface area contributed by atoms with Gasteiger partial charge >= 0.3 is 5.97 Å². The Morgan fingerprint density at radius 1 is 0.885 bits per heavy atom. The average molecular weight is 1110 g/mol. The van der Waals surface area contributed by atoms with Crippen LogP contribution in [0.4, 0.5) is 0 Å². The van der Waals surface area contributed by atoms with E-state index in [1.165, 1.54) is 19.6 Å². The lowest BCUT2D eigenvalue weighted by Gasteiger charge is -2.60. The third-order valence-corrected chi connectivity index (χ3v) is 21.4. The first-order valence-corrected chi connectivity index (χ1v) is 29.7. The predicted octanol–water partition coefficient (Wildman–Crippen LogP) is 5.45. The maximum absolute atomic E-state index is 14.7. The molecule has 0 radical (unpaired) electrons. The number of esters is 1. The van der Waals surface area contributed by atoms with Crippen LogP contribution in [-0.2, 0) is 47.5 Å². The molecule has 3 aliphatic heterocycles. The number of hydrogen-bond acceptors (Lipinski definition) is 17. The molecule has 5 unspecified atom stereocenters. The van der Waals surface area contributed by atoms with Crippen LogP contribution in [0.25, 0.3) is 0 Å². The number of amides is 1. The molecule has 18 nitrogen and oxygen atoms in total.